The Kier molecular flexibility index (Phi) is 5.74. The Hall–Kier alpha value is -3.53. The number of hydrazone groups is 1. The van der Waals surface area contributed by atoms with Crippen molar-refractivity contribution in [1.29, 1.82) is 0 Å². The maximum Gasteiger partial charge on any atom is 0.282 e. The third-order valence-corrected chi connectivity index (χ3v) is 4.72. The van der Waals surface area contributed by atoms with Crippen LogP contribution in [0.5, 0.6) is 0 Å². The average Bonchev–Trinajstić information content (AvgIpc) is 2.96. The standard InChI is InChI=1S/C19H16BrN5O4/c1-11-9-13(20)7-8-16(11)24-19(27)15(12(2)23-24)10-21-22-18(26)14-5-3-4-6-17(14)25(28)29/h3-10,23H,1-2H3,(H,22,26). The number of nitrogens with zero attached hydrogens (tertiary/aromatic N) is 3. The van der Waals surface area contributed by atoms with Crippen LogP contribution in [0.4, 0.5) is 5.69 Å². The maximum absolute atomic E-state index is 12.7. The van der Waals surface area contributed by atoms with Gasteiger partial charge in [0.15, 0.2) is 0 Å². The van der Waals surface area contributed by atoms with Crippen LogP contribution >= 0.6 is 15.9 Å². The lowest BCUT2D eigenvalue weighted by Crippen LogP contribution is -2.21. The highest BCUT2D eigenvalue weighted by Crippen LogP contribution is 2.19. The number of hydrogen-bond donors (Lipinski definition) is 2. The average molecular weight is 458 g/mol. The van der Waals surface area contributed by atoms with Crippen LogP contribution in [0.15, 0.2) is 56.8 Å². The number of rotatable bonds is 5. The zero-order valence-electron chi connectivity index (χ0n) is 15.5. The van der Waals surface area contributed by atoms with E-state index in [4.69, 9.17) is 0 Å². The minimum atomic E-state index is -0.745. The molecule has 0 fully saturated rings. The molecule has 0 spiro atoms. The lowest BCUT2D eigenvalue weighted by Gasteiger charge is -2.06. The van der Waals surface area contributed by atoms with Crippen molar-refractivity contribution in [2.24, 2.45) is 5.10 Å². The number of carbonyl (C=O) groups is 1. The highest BCUT2D eigenvalue weighted by atomic mass is 79.9. The van der Waals surface area contributed by atoms with Crippen molar-refractivity contribution in [2.75, 3.05) is 0 Å². The number of amides is 1. The SMILES string of the molecule is Cc1cc(Br)ccc1-n1[nH]c(C)c(C=NNC(=O)c2ccccc2[N+](=O)[O-])c1=O. The topological polar surface area (TPSA) is 122 Å². The first-order valence-electron chi connectivity index (χ1n) is 8.44. The number of carbonyl (C=O) groups excluding carboxylic acids is 1. The van der Waals surface area contributed by atoms with Crippen molar-refractivity contribution in [1.82, 2.24) is 15.2 Å². The summed E-state index contributed by atoms with van der Waals surface area (Å²) in [7, 11) is 0. The Labute approximate surface area is 173 Å². The van der Waals surface area contributed by atoms with E-state index in [9.17, 15) is 19.7 Å². The number of nitrogens with one attached hydrogen (secondary N) is 2. The van der Waals surface area contributed by atoms with Gasteiger partial charge in [0, 0.05) is 16.2 Å². The third kappa shape index (κ3) is 4.16. The van der Waals surface area contributed by atoms with E-state index in [-0.39, 0.29) is 22.4 Å². The molecule has 2 N–H and O–H groups in total. The predicted octanol–water partition coefficient (Wildman–Crippen LogP) is 3.22. The molecular weight excluding hydrogens is 442 g/mol. The highest BCUT2D eigenvalue weighted by molar-refractivity contribution is 9.10. The number of nitro groups is 1. The van der Waals surface area contributed by atoms with Crippen LogP contribution < -0.4 is 11.0 Å². The number of aryl methyl sites for hydroxylation is 2. The van der Waals surface area contributed by atoms with Crippen LogP contribution in [0.3, 0.4) is 0 Å². The van der Waals surface area contributed by atoms with E-state index in [1.165, 1.54) is 35.2 Å². The summed E-state index contributed by atoms with van der Waals surface area (Å²) < 4.78 is 2.29. The summed E-state index contributed by atoms with van der Waals surface area (Å²) in [5.41, 5.74) is 3.82. The molecule has 1 heterocycles. The van der Waals surface area contributed by atoms with Gasteiger partial charge >= 0.3 is 0 Å². The summed E-state index contributed by atoms with van der Waals surface area (Å²) in [5.74, 6) is -0.745. The number of aromatic nitrogens is 2. The molecule has 10 heteroatoms. The third-order valence-electron chi connectivity index (χ3n) is 4.22. The molecule has 2 aromatic carbocycles. The van der Waals surface area contributed by atoms with Gasteiger partial charge in [0.1, 0.15) is 5.56 Å². The van der Waals surface area contributed by atoms with E-state index in [0.29, 0.717) is 11.4 Å². The molecule has 0 saturated heterocycles. The van der Waals surface area contributed by atoms with Crippen LogP contribution in [0.25, 0.3) is 5.69 Å². The summed E-state index contributed by atoms with van der Waals surface area (Å²) in [6.45, 7) is 3.58. The number of para-hydroxylation sites is 1. The minimum absolute atomic E-state index is 0.122. The molecule has 0 bridgehead atoms. The van der Waals surface area contributed by atoms with Gasteiger partial charge in [-0.2, -0.15) is 5.10 Å². The summed E-state index contributed by atoms with van der Waals surface area (Å²) >= 11 is 3.39. The summed E-state index contributed by atoms with van der Waals surface area (Å²) in [4.78, 5) is 35.3. The Morgan fingerprint density at radius 3 is 2.69 bits per heavy atom. The molecule has 29 heavy (non-hydrogen) atoms. The van der Waals surface area contributed by atoms with E-state index < -0.39 is 10.8 Å². The first kappa shape index (κ1) is 20.2. The monoisotopic (exact) mass is 457 g/mol. The largest absolute Gasteiger partial charge is 0.295 e. The molecule has 3 aromatic rings. The van der Waals surface area contributed by atoms with Crippen LogP contribution in [-0.2, 0) is 0 Å². The molecule has 9 nitrogen and oxygen atoms in total. The summed E-state index contributed by atoms with van der Waals surface area (Å²) in [6.07, 6.45) is 1.21. The molecule has 148 valence electrons. The molecule has 0 unspecified atom stereocenters. The van der Waals surface area contributed by atoms with E-state index in [2.05, 4.69) is 31.6 Å². The highest BCUT2D eigenvalue weighted by Gasteiger charge is 2.19. The van der Waals surface area contributed by atoms with Crippen LogP contribution in [0.1, 0.15) is 27.2 Å². The second-order valence-electron chi connectivity index (χ2n) is 6.20. The smallest absolute Gasteiger partial charge is 0.282 e. The fourth-order valence-corrected chi connectivity index (χ4v) is 3.27. The molecule has 3 rings (SSSR count). The fraction of sp³-hybridized carbons (Fsp3) is 0.105. The molecule has 0 aliphatic rings. The van der Waals surface area contributed by atoms with Gasteiger partial charge in [-0.05, 0) is 43.7 Å². The van der Waals surface area contributed by atoms with Crippen molar-refractivity contribution in [3.63, 3.8) is 0 Å². The molecule has 1 amide bonds. The lowest BCUT2D eigenvalue weighted by molar-refractivity contribution is -0.385. The van der Waals surface area contributed by atoms with Crippen molar-refractivity contribution >= 4 is 33.7 Å². The van der Waals surface area contributed by atoms with Gasteiger partial charge in [-0.3, -0.25) is 24.8 Å². The number of H-pyrrole nitrogens is 1. The van der Waals surface area contributed by atoms with Crippen molar-refractivity contribution in [3.8, 4) is 5.69 Å². The Morgan fingerprint density at radius 1 is 1.28 bits per heavy atom. The molecule has 0 aliphatic heterocycles. The molecule has 0 radical (unpaired) electrons. The fourth-order valence-electron chi connectivity index (χ4n) is 2.79. The van der Waals surface area contributed by atoms with Gasteiger partial charge < -0.3 is 0 Å². The summed E-state index contributed by atoms with van der Waals surface area (Å²) in [6, 6.07) is 11.1. The quantitative estimate of drug-likeness (QED) is 0.346. The molecule has 0 saturated carbocycles. The van der Waals surface area contributed by atoms with Crippen molar-refractivity contribution in [3.05, 3.63) is 89.8 Å². The first-order valence-corrected chi connectivity index (χ1v) is 9.24. The molecule has 0 aliphatic carbocycles. The maximum atomic E-state index is 12.7. The minimum Gasteiger partial charge on any atom is -0.295 e. The number of nitro benzene ring substituents is 1. The zero-order chi connectivity index (χ0) is 21.1. The van der Waals surface area contributed by atoms with Crippen LogP contribution in [0, 0.1) is 24.0 Å². The summed E-state index contributed by atoms with van der Waals surface area (Å²) in [5, 5.41) is 17.8. The Balaban J connectivity index is 1.85. The first-order chi connectivity index (χ1) is 13.8. The Bertz CT molecular complexity index is 1200. The van der Waals surface area contributed by atoms with Crippen molar-refractivity contribution in [2.45, 2.75) is 13.8 Å². The lowest BCUT2D eigenvalue weighted by atomic mass is 10.2. The number of benzene rings is 2. The molecular formula is C19H16BrN5O4. The van der Waals surface area contributed by atoms with E-state index in [0.717, 1.165) is 10.0 Å². The molecule has 0 atom stereocenters. The van der Waals surface area contributed by atoms with Crippen LogP contribution in [-0.4, -0.2) is 26.8 Å². The van der Waals surface area contributed by atoms with E-state index in [1.54, 1.807) is 13.0 Å². The van der Waals surface area contributed by atoms with Gasteiger partial charge in [-0.25, -0.2) is 10.1 Å². The number of hydrogen-bond acceptors (Lipinski definition) is 5. The van der Waals surface area contributed by atoms with E-state index >= 15 is 0 Å². The number of halogens is 1. The normalized spacial score (nSPS) is 11.0. The Morgan fingerprint density at radius 2 is 2.00 bits per heavy atom. The van der Waals surface area contributed by atoms with Gasteiger partial charge in [0.2, 0.25) is 0 Å². The van der Waals surface area contributed by atoms with Gasteiger partial charge in [-0.1, -0.05) is 28.1 Å². The van der Waals surface area contributed by atoms with Crippen LogP contribution in [0.2, 0.25) is 0 Å². The predicted molar refractivity (Wildman–Crippen MR) is 112 cm³/mol. The zero-order valence-corrected chi connectivity index (χ0v) is 17.1. The second-order valence-corrected chi connectivity index (χ2v) is 7.11. The second kappa shape index (κ2) is 8.23. The van der Waals surface area contributed by atoms with Gasteiger partial charge in [0.05, 0.1) is 22.4 Å². The van der Waals surface area contributed by atoms with Crippen molar-refractivity contribution < 1.29 is 9.72 Å². The number of aromatic amines is 1. The van der Waals surface area contributed by atoms with E-state index in [1.807, 2.05) is 19.1 Å². The molecule has 1 aromatic heterocycles. The van der Waals surface area contributed by atoms with Gasteiger partial charge in [0.25, 0.3) is 17.2 Å². The van der Waals surface area contributed by atoms with Gasteiger partial charge in [-0.15, -0.1) is 0 Å².